The minimum absolute atomic E-state index is 0.782. The van der Waals surface area contributed by atoms with Crippen molar-refractivity contribution < 1.29 is 0 Å². The second-order valence-electron chi connectivity index (χ2n) is 2.94. The number of aromatic amines is 1. The molecule has 0 aliphatic carbocycles. The minimum Gasteiger partial charge on any atom is -0.361 e. The van der Waals surface area contributed by atoms with E-state index >= 15 is 0 Å². The average Bonchev–Trinajstić information content (AvgIpc) is 2.49. The lowest BCUT2D eigenvalue weighted by molar-refractivity contribution is 1.40. The summed E-state index contributed by atoms with van der Waals surface area (Å²) in [7, 11) is 0. The number of H-pyrrole nitrogens is 1. The van der Waals surface area contributed by atoms with Gasteiger partial charge in [-0.05, 0) is 24.0 Å². The first kappa shape index (κ1) is 8.97. The Kier molecular flexibility index (Phi) is 2.51. The molecule has 0 saturated carbocycles. The molecule has 2 rings (SSSR count). The number of halogens is 1. The van der Waals surface area contributed by atoms with Gasteiger partial charge in [-0.3, -0.25) is 0 Å². The summed E-state index contributed by atoms with van der Waals surface area (Å²) in [6, 6.07) is 5.96. The van der Waals surface area contributed by atoms with Crippen LogP contribution in [0.5, 0.6) is 0 Å². The summed E-state index contributed by atoms with van der Waals surface area (Å²) in [6.07, 6.45) is 4.16. The molecule has 0 radical (unpaired) electrons. The number of nitrogens with one attached hydrogen (secondary N) is 1. The molecule has 1 N–H and O–H groups in total. The highest BCUT2D eigenvalue weighted by Gasteiger charge is 2.02. The molecule has 0 fully saturated rings. The fraction of sp³-hybridized carbons (Fsp3) is 0.200. The third kappa shape index (κ3) is 1.69. The van der Waals surface area contributed by atoms with Gasteiger partial charge in [-0.25, -0.2) is 0 Å². The Morgan fingerprint density at radius 2 is 2.31 bits per heavy atom. The zero-order valence-electron chi connectivity index (χ0n) is 7.30. The number of hydrogen-bond donors (Lipinski definition) is 1. The van der Waals surface area contributed by atoms with E-state index in [1.165, 1.54) is 10.9 Å². The van der Waals surface area contributed by atoms with Crippen molar-refractivity contribution in [1.82, 2.24) is 4.98 Å². The molecule has 0 atom stereocenters. The lowest BCUT2D eigenvalue weighted by atomic mass is 10.2. The quantitative estimate of drug-likeness (QED) is 0.801. The zero-order chi connectivity index (χ0) is 9.26. The molecule has 0 spiro atoms. The van der Waals surface area contributed by atoms with E-state index in [2.05, 4.69) is 23.5 Å². The SMILES string of the molecule is CSCc1c[nH]c2cc(Cl)ccc12. The van der Waals surface area contributed by atoms with Gasteiger partial charge in [-0.2, -0.15) is 11.8 Å². The lowest BCUT2D eigenvalue weighted by Crippen LogP contribution is -1.74. The van der Waals surface area contributed by atoms with Gasteiger partial charge in [0.25, 0.3) is 0 Å². The highest BCUT2D eigenvalue weighted by atomic mass is 35.5. The summed E-state index contributed by atoms with van der Waals surface area (Å²) in [6.45, 7) is 0. The fourth-order valence-corrected chi connectivity index (χ4v) is 2.16. The van der Waals surface area contributed by atoms with E-state index in [1.54, 1.807) is 0 Å². The van der Waals surface area contributed by atoms with E-state index in [4.69, 9.17) is 11.6 Å². The molecule has 13 heavy (non-hydrogen) atoms. The highest BCUT2D eigenvalue weighted by Crippen LogP contribution is 2.24. The van der Waals surface area contributed by atoms with Gasteiger partial charge in [0.05, 0.1) is 0 Å². The molecule has 1 aromatic heterocycles. The van der Waals surface area contributed by atoms with Crippen molar-refractivity contribution in [2.24, 2.45) is 0 Å². The monoisotopic (exact) mass is 211 g/mol. The first-order valence-corrected chi connectivity index (χ1v) is 5.83. The summed E-state index contributed by atoms with van der Waals surface area (Å²) in [5.74, 6) is 1.04. The molecule has 0 aliphatic rings. The van der Waals surface area contributed by atoms with Gasteiger partial charge >= 0.3 is 0 Å². The van der Waals surface area contributed by atoms with E-state index in [0.29, 0.717) is 0 Å². The summed E-state index contributed by atoms with van der Waals surface area (Å²) in [4.78, 5) is 3.22. The first-order chi connectivity index (χ1) is 6.31. The highest BCUT2D eigenvalue weighted by molar-refractivity contribution is 7.97. The Bertz CT molecular complexity index is 422. The van der Waals surface area contributed by atoms with Gasteiger partial charge in [-0.15, -0.1) is 0 Å². The molecule has 2 aromatic rings. The maximum atomic E-state index is 5.88. The smallest absolute Gasteiger partial charge is 0.0472 e. The molecule has 1 aromatic carbocycles. The van der Waals surface area contributed by atoms with E-state index in [0.717, 1.165) is 16.3 Å². The summed E-state index contributed by atoms with van der Waals surface area (Å²) >= 11 is 7.71. The largest absolute Gasteiger partial charge is 0.361 e. The molecule has 68 valence electrons. The van der Waals surface area contributed by atoms with Crippen molar-refractivity contribution in [3.8, 4) is 0 Å². The maximum absolute atomic E-state index is 5.88. The number of aromatic nitrogens is 1. The number of thioether (sulfide) groups is 1. The molecular weight excluding hydrogens is 202 g/mol. The zero-order valence-corrected chi connectivity index (χ0v) is 8.88. The summed E-state index contributed by atoms with van der Waals surface area (Å²) in [5, 5.41) is 2.06. The average molecular weight is 212 g/mol. The topological polar surface area (TPSA) is 15.8 Å². The van der Waals surface area contributed by atoms with Crippen LogP contribution in [0.15, 0.2) is 24.4 Å². The predicted molar refractivity (Wildman–Crippen MR) is 60.5 cm³/mol. The Labute approximate surface area is 86.5 Å². The van der Waals surface area contributed by atoms with Crippen LogP contribution in [0.4, 0.5) is 0 Å². The van der Waals surface area contributed by atoms with Crippen LogP contribution in [0, 0.1) is 0 Å². The van der Waals surface area contributed by atoms with Crippen molar-refractivity contribution in [3.05, 3.63) is 35.0 Å². The minimum atomic E-state index is 0.782. The van der Waals surface area contributed by atoms with Crippen LogP contribution in [0.1, 0.15) is 5.56 Å². The van der Waals surface area contributed by atoms with Crippen LogP contribution >= 0.6 is 23.4 Å². The van der Waals surface area contributed by atoms with Gasteiger partial charge in [0.2, 0.25) is 0 Å². The number of fused-ring (bicyclic) bond motifs is 1. The van der Waals surface area contributed by atoms with E-state index in [9.17, 15) is 0 Å². The van der Waals surface area contributed by atoms with Crippen LogP contribution in [0.3, 0.4) is 0 Å². The van der Waals surface area contributed by atoms with Gasteiger partial charge in [0.1, 0.15) is 0 Å². The molecule has 0 amide bonds. The van der Waals surface area contributed by atoms with Gasteiger partial charge in [0.15, 0.2) is 0 Å². The Morgan fingerprint density at radius 1 is 1.46 bits per heavy atom. The van der Waals surface area contributed by atoms with E-state index in [-0.39, 0.29) is 0 Å². The van der Waals surface area contributed by atoms with Gasteiger partial charge in [0, 0.05) is 27.9 Å². The van der Waals surface area contributed by atoms with Crippen LogP contribution < -0.4 is 0 Å². The summed E-state index contributed by atoms with van der Waals surface area (Å²) in [5.41, 5.74) is 2.47. The molecule has 3 heteroatoms. The third-order valence-electron chi connectivity index (χ3n) is 2.03. The van der Waals surface area contributed by atoms with Crippen LogP contribution in [0.2, 0.25) is 5.02 Å². The van der Waals surface area contributed by atoms with Crippen molar-refractivity contribution in [2.75, 3.05) is 6.26 Å². The van der Waals surface area contributed by atoms with E-state index in [1.807, 2.05) is 23.9 Å². The Hall–Kier alpha value is -0.600. The molecule has 0 aliphatic heterocycles. The number of hydrogen-bond acceptors (Lipinski definition) is 1. The third-order valence-corrected chi connectivity index (χ3v) is 2.86. The van der Waals surface area contributed by atoms with Crippen LogP contribution in [-0.2, 0) is 5.75 Å². The standard InChI is InChI=1S/C10H10ClNS/c1-13-6-7-5-12-10-4-8(11)2-3-9(7)10/h2-5,12H,6H2,1H3. The predicted octanol–water partition coefficient (Wildman–Crippen LogP) is 3.68. The van der Waals surface area contributed by atoms with Crippen molar-refractivity contribution in [1.29, 1.82) is 0 Å². The van der Waals surface area contributed by atoms with Crippen molar-refractivity contribution in [2.45, 2.75) is 5.75 Å². The van der Waals surface area contributed by atoms with Crippen molar-refractivity contribution >= 4 is 34.3 Å². The summed E-state index contributed by atoms with van der Waals surface area (Å²) < 4.78 is 0. The molecule has 1 nitrogen and oxygen atoms in total. The van der Waals surface area contributed by atoms with Crippen LogP contribution in [-0.4, -0.2) is 11.2 Å². The van der Waals surface area contributed by atoms with Gasteiger partial charge in [-0.1, -0.05) is 17.7 Å². The normalized spacial score (nSPS) is 10.9. The van der Waals surface area contributed by atoms with Crippen LogP contribution in [0.25, 0.3) is 10.9 Å². The van der Waals surface area contributed by atoms with E-state index < -0.39 is 0 Å². The molecule has 0 bridgehead atoms. The Balaban J connectivity index is 2.55. The maximum Gasteiger partial charge on any atom is 0.0472 e. The first-order valence-electron chi connectivity index (χ1n) is 4.05. The number of rotatable bonds is 2. The second-order valence-corrected chi connectivity index (χ2v) is 4.24. The molecular formula is C10H10ClNS. The number of benzene rings is 1. The molecule has 0 unspecified atom stereocenters. The fourth-order valence-electron chi connectivity index (χ4n) is 1.43. The van der Waals surface area contributed by atoms with Crippen molar-refractivity contribution in [3.63, 3.8) is 0 Å². The second kappa shape index (κ2) is 3.64. The molecule has 1 heterocycles. The van der Waals surface area contributed by atoms with Gasteiger partial charge < -0.3 is 4.98 Å². The Morgan fingerprint density at radius 3 is 3.08 bits per heavy atom. The molecule has 0 saturated heterocycles. The lowest BCUT2D eigenvalue weighted by Gasteiger charge is -1.95.